The number of aromatic amines is 1. The Morgan fingerprint density at radius 3 is 2.81 bits per heavy atom. The number of imidazole rings is 1. The normalized spacial score (nSPS) is 23.7. The van der Waals surface area contributed by atoms with Gasteiger partial charge in [0.05, 0.1) is 11.0 Å². The molecule has 2 aliphatic rings. The number of nitrogens with zero attached hydrogens (tertiary/aromatic N) is 2. The van der Waals surface area contributed by atoms with Gasteiger partial charge in [-0.05, 0) is 57.7 Å². The van der Waals surface area contributed by atoms with E-state index in [1.807, 2.05) is 26.0 Å². The number of hydrogen-bond acceptors (Lipinski definition) is 3. The molecular weight excluding hydrogens is 328 g/mol. The van der Waals surface area contributed by atoms with Crippen molar-refractivity contribution >= 4 is 22.8 Å². The molecule has 0 unspecified atom stereocenters. The molecular formula is C20H26N4O2. The van der Waals surface area contributed by atoms with Crippen LogP contribution in [0.5, 0.6) is 0 Å². The first-order valence-electron chi connectivity index (χ1n) is 9.57. The molecule has 6 heteroatoms. The highest BCUT2D eigenvalue weighted by Crippen LogP contribution is 2.32. The summed E-state index contributed by atoms with van der Waals surface area (Å²) in [6.45, 7) is 4.42. The molecule has 1 aliphatic heterocycles. The van der Waals surface area contributed by atoms with Gasteiger partial charge in [-0.25, -0.2) is 4.98 Å². The zero-order valence-corrected chi connectivity index (χ0v) is 15.5. The Balaban J connectivity index is 1.57. The lowest BCUT2D eigenvalue weighted by Crippen LogP contribution is -2.56. The van der Waals surface area contributed by atoms with Crippen LogP contribution in [0.1, 0.15) is 61.6 Å². The van der Waals surface area contributed by atoms with Gasteiger partial charge in [0.2, 0.25) is 5.91 Å². The van der Waals surface area contributed by atoms with Gasteiger partial charge in [-0.15, -0.1) is 0 Å². The molecule has 26 heavy (non-hydrogen) atoms. The lowest BCUT2D eigenvalue weighted by molar-refractivity contribution is -0.130. The first kappa shape index (κ1) is 17.1. The van der Waals surface area contributed by atoms with Crippen molar-refractivity contribution in [3.63, 3.8) is 0 Å². The minimum Gasteiger partial charge on any atom is -0.351 e. The predicted octanol–water partition coefficient (Wildman–Crippen LogP) is 2.92. The number of aromatic nitrogens is 2. The van der Waals surface area contributed by atoms with E-state index in [2.05, 4.69) is 15.3 Å². The summed E-state index contributed by atoms with van der Waals surface area (Å²) in [6, 6.07) is 5.77. The number of rotatable bonds is 3. The second kappa shape index (κ2) is 6.41. The van der Waals surface area contributed by atoms with Crippen molar-refractivity contribution < 1.29 is 9.59 Å². The summed E-state index contributed by atoms with van der Waals surface area (Å²) in [5.74, 6) is 0.737. The molecule has 2 fully saturated rings. The van der Waals surface area contributed by atoms with Gasteiger partial charge < -0.3 is 15.2 Å². The monoisotopic (exact) mass is 354 g/mol. The number of benzene rings is 1. The van der Waals surface area contributed by atoms with E-state index in [9.17, 15) is 9.59 Å². The first-order valence-corrected chi connectivity index (χ1v) is 9.57. The van der Waals surface area contributed by atoms with Crippen LogP contribution in [0.15, 0.2) is 18.2 Å². The molecule has 0 radical (unpaired) electrons. The standard InChI is InChI=1S/C20H26N4O2/c1-13-21-16-9-8-14(12-17(16)22-13)18(25)24-11-5-10-20(24,2)19(26)23-15-6-3-4-7-15/h8-9,12,15H,3-7,10-11H2,1-2H3,(H,21,22)(H,23,26)/t20-/m1/s1. The van der Waals surface area contributed by atoms with E-state index in [4.69, 9.17) is 0 Å². The van der Waals surface area contributed by atoms with E-state index in [0.29, 0.717) is 18.5 Å². The molecule has 1 aromatic heterocycles. The van der Waals surface area contributed by atoms with Crippen LogP contribution in [-0.4, -0.2) is 44.8 Å². The van der Waals surface area contributed by atoms with Crippen LogP contribution in [0.2, 0.25) is 0 Å². The van der Waals surface area contributed by atoms with Gasteiger partial charge in [-0.2, -0.15) is 0 Å². The highest BCUT2D eigenvalue weighted by molar-refractivity contribution is 6.01. The van der Waals surface area contributed by atoms with Gasteiger partial charge in [0.25, 0.3) is 5.91 Å². The number of hydrogen-bond donors (Lipinski definition) is 2. The fraction of sp³-hybridized carbons (Fsp3) is 0.550. The molecule has 1 aliphatic carbocycles. The van der Waals surface area contributed by atoms with Crippen LogP contribution in [0.4, 0.5) is 0 Å². The van der Waals surface area contributed by atoms with Crippen LogP contribution < -0.4 is 5.32 Å². The summed E-state index contributed by atoms with van der Waals surface area (Å²) in [5, 5.41) is 3.18. The molecule has 4 rings (SSSR count). The number of fused-ring (bicyclic) bond motifs is 1. The Kier molecular flexibility index (Phi) is 4.21. The number of nitrogens with one attached hydrogen (secondary N) is 2. The molecule has 1 atom stereocenters. The largest absolute Gasteiger partial charge is 0.351 e. The Morgan fingerprint density at radius 1 is 1.27 bits per heavy atom. The minimum absolute atomic E-state index is 0.00582. The fourth-order valence-electron chi connectivity index (χ4n) is 4.36. The maximum absolute atomic E-state index is 13.2. The molecule has 2 aromatic rings. The van der Waals surface area contributed by atoms with Gasteiger partial charge in [-0.3, -0.25) is 9.59 Å². The molecule has 0 spiro atoms. The number of likely N-dealkylation sites (tertiary alicyclic amines) is 1. The van der Waals surface area contributed by atoms with Crippen molar-refractivity contribution in [3.8, 4) is 0 Å². The second-order valence-electron chi connectivity index (χ2n) is 7.84. The highest BCUT2D eigenvalue weighted by atomic mass is 16.2. The molecule has 6 nitrogen and oxygen atoms in total. The third-order valence-electron chi connectivity index (χ3n) is 5.91. The van der Waals surface area contributed by atoms with E-state index >= 15 is 0 Å². The zero-order valence-electron chi connectivity index (χ0n) is 15.5. The summed E-state index contributed by atoms with van der Waals surface area (Å²) in [4.78, 5) is 35.4. The zero-order chi connectivity index (χ0) is 18.3. The van der Waals surface area contributed by atoms with Crippen LogP contribution in [0.3, 0.4) is 0 Å². The highest BCUT2D eigenvalue weighted by Gasteiger charge is 2.46. The second-order valence-corrected chi connectivity index (χ2v) is 7.84. The summed E-state index contributed by atoms with van der Waals surface area (Å²) in [5.41, 5.74) is 1.54. The summed E-state index contributed by atoms with van der Waals surface area (Å²) in [6.07, 6.45) is 6.01. The molecule has 0 bridgehead atoms. The molecule has 138 valence electrons. The lowest BCUT2D eigenvalue weighted by Gasteiger charge is -2.35. The smallest absolute Gasteiger partial charge is 0.254 e. The average molecular weight is 354 g/mol. The molecule has 2 N–H and O–H groups in total. The Hall–Kier alpha value is -2.37. The van der Waals surface area contributed by atoms with E-state index in [-0.39, 0.29) is 17.9 Å². The number of carbonyl (C=O) groups is 2. The Labute approximate surface area is 153 Å². The van der Waals surface area contributed by atoms with Gasteiger partial charge in [0, 0.05) is 18.2 Å². The van der Waals surface area contributed by atoms with Crippen LogP contribution in [0, 0.1) is 6.92 Å². The van der Waals surface area contributed by atoms with E-state index in [1.54, 1.807) is 11.0 Å². The third kappa shape index (κ3) is 2.87. The molecule has 2 heterocycles. The summed E-state index contributed by atoms with van der Waals surface area (Å²) in [7, 11) is 0. The van der Waals surface area contributed by atoms with E-state index in [1.165, 1.54) is 12.8 Å². The molecule has 1 aromatic carbocycles. The fourth-order valence-corrected chi connectivity index (χ4v) is 4.36. The number of amides is 2. The topological polar surface area (TPSA) is 78.1 Å². The van der Waals surface area contributed by atoms with E-state index < -0.39 is 5.54 Å². The van der Waals surface area contributed by atoms with Crippen LogP contribution in [-0.2, 0) is 4.79 Å². The predicted molar refractivity (Wildman–Crippen MR) is 99.9 cm³/mol. The molecule has 1 saturated carbocycles. The lowest BCUT2D eigenvalue weighted by atomic mass is 9.96. The van der Waals surface area contributed by atoms with Crippen LogP contribution >= 0.6 is 0 Å². The minimum atomic E-state index is -0.765. The number of carbonyl (C=O) groups excluding carboxylic acids is 2. The van der Waals surface area contributed by atoms with E-state index in [0.717, 1.165) is 36.1 Å². The first-order chi connectivity index (χ1) is 12.5. The quantitative estimate of drug-likeness (QED) is 0.889. The van der Waals surface area contributed by atoms with Crippen molar-refractivity contribution in [1.29, 1.82) is 0 Å². The maximum atomic E-state index is 13.2. The van der Waals surface area contributed by atoms with Crippen molar-refractivity contribution in [1.82, 2.24) is 20.2 Å². The van der Waals surface area contributed by atoms with Crippen molar-refractivity contribution in [2.45, 2.75) is 64.0 Å². The Morgan fingerprint density at radius 2 is 2.04 bits per heavy atom. The summed E-state index contributed by atoms with van der Waals surface area (Å²) >= 11 is 0. The average Bonchev–Trinajstić information content (AvgIpc) is 3.33. The number of H-pyrrole nitrogens is 1. The number of aryl methyl sites for hydroxylation is 1. The van der Waals surface area contributed by atoms with Crippen molar-refractivity contribution in [2.24, 2.45) is 0 Å². The van der Waals surface area contributed by atoms with Gasteiger partial charge in [0.15, 0.2) is 0 Å². The van der Waals surface area contributed by atoms with Crippen molar-refractivity contribution in [2.75, 3.05) is 6.54 Å². The van der Waals surface area contributed by atoms with Gasteiger partial charge >= 0.3 is 0 Å². The molecule has 1 saturated heterocycles. The van der Waals surface area contributed by atoms with Crippen molar-refractivity contribution in [3.05, 3.63) is 29.6 Å². The molecule has 2 amide bonds. The van der Waals surface area contributed by atoms with Gasteiger partial charge in [0.1, 0.15) is 11.4 Å². The maximum Gasteiger partial charge on any atom is 0.254 e. The third-order valence-corrected chi connectivity index (χ3v) is 5.91. The van der Waals surface area contributed by atoms with Gasteiger partial charge in [-0.1, -0.05) is 12.8 Å². The van der Waals surface area contributed by atoms with Crippen LogP contribution in [0.25, 0.3) is 11.0 Å². The summed E-state index contributed by atoms with van der Waals surface area (Å²) < 4.78 is 0. The SMILES string of the molecule is Cc1nc2ccc(C(=O)N3CCC[C@]3(C)C(=O)NC3CCCC3)cc2[nH]1. The Bertz CT molecular complexity index is 853.